The molecule has 2 N–H and O–H groups in total. The predicted octanol–water partition coefficient (Wildman–Crippen LogP) is -1.56. The minimum absolute atomic E-state index is 0.736. The molecule has 0 aliphatic carbocycles. The van der Waals surface area contributed by atoms with E-state index in [1.54, 1.807) is 0 Å². The van der Waals surface area contributed by atoms with Crippen molar-refractivity contribution in [3.8, 4) is 0 Å². The van der Waals surface area contributed by atoms with E-state index in [0.29, 0.717) is 0 Å². The van der Waals surface area contributed by atoms with Crippen molar-refractivity contribution in [2.75, 3.05) is 14.1 Å². The summed E-state index contributed by atoms with van der Waals surface area (Å²) < 4.78 is 13.0. The Kier molecular flexibility index (Phi) is 4.71. The molecule has 4 nitrogen and oxygen atoms in total. The summed E-state index contributed by atoms with van der Waals surface area (Å²) in [6.07, 6.45) is 0. The molecular formula is C6H24N4Si4. The Morgan fingerprint density at radius 3 is 1.86 bits per heavy atom. The van der Waals surface area contributed by atoms with Crippen LogP contribution in [0.15, 0.2) is 0 Å². The van der Waals surface area contributed by atoms with E-state index in [9.17, 15) is 0 Å². The summed E-state index contributed by atoms with van der Waals surface area (Å²) in [6, 6.07) is 0. The summed E-state index contributed by atoms with van der Waals surface area (Å²) >= 11 is 0. The van der Waals surface area contributed by atoms with E-state index in [0.717, 1.165) is 0 Å². The average Bonchev–Trinajstić information content (AvgIpc) is 2.01. The second-order valence-corrected chi connectivity index (χ2v) is 17.1. The summed E-state index contributed by atoms with van der Waals surface area (Å²) in [7, 11) is 1.36. The molecule has 3 unspecified atom stereocenters. The summed E-state index contributed by atoms with van der Waals surface area (Å²) in [6.45, 7) is 9.75. The first-order valence-electron chi connectivity index (χ1n) is 5.39. The molecular weight excluding hydrogens is 240 g/mol. The minimum Gasteiger partial charge on any atom is -0.341 e. The predicted molar refractivity (Wildman–Crippen MR) is 73.8 cm³/mol. The van der Waals surface area contributed by atoms with E-state index in [1.165, 1.54) is 0 Å². The fourth-order valence-electron chi connectivity index (χ4n) is 2.19. The number of nitrogens with one attached hydrogen (secondary N) is 2. The smallest absolute Gasteiger partial charge is 0.174 e. The molecule has 8 heteroatoms. The van der Waals surface area contributed by atoms with Gasteiger partial charge in [-0.15, -0.1) is 0 Å². The molecule has 0 spiro atoms. The summed E-state index contributed by atoms with van der Waals surface area (Å²) in [5.41, 5.74) is 0. The first kappa shape index (κ1) is 12.8. The van der Waals surface area contributed by atoms with E-state index >= 15 is 0 Å². The Morgan fingerprint density at radius 2 is 1.50 bits per heavy atom. The van der Waals surface area contributed by atoms with Crippen LogP contribution in [0.2, 0.25) is 26.2 Å². The Morgan fingerprint density at radius 1 is 1.07 bits per heavy atom. The lowest BCUT2D eigenvalue weighted by Gasteiger charge is -2.46. The van der Waals surface area contributed by atoms with Gasteiger partial charge in [-0.25, -0.2) is 0 Å². The highest BCUT2D eigenvalue weighted by Crippen LogP contribution is 2.06. The van der Waals surface area contributed by atoms with Gasteiger partial charge in [0.05, 0.1) is 0 Å². The van der Waals surface area contributed by atoms with Crippen LogP contribution in [0.4, 0.5) is 0 Å². The van der Waals surface area contributed by atoms with E-state index in [2.05, 4.69) is 58.0 Å². The number of rotatable bonds is 2. The van der Waals surface area contributed by atoms with Crippen LogP contribution in [0.1, 0.15) is 0 Å². The van der Waals surface area contributed by atoms with Crippen LogP contribution in [0.5, 0.6) is 0 Å². The highest BCUT2D eigenvalue weighted by atomic mass is 28.5. The van der Waals surface area contributed by atoms with Gasteiger partial charge in [-0.1, -0.05) is 0 Å². The second-order valence-electron chi connectivity index (χ2n) is 4.45. The molecule has 3 atom stereocenters. The third-order valence-electron chi connectivity index (χ3n) is 3.06. The largest absolute Gasteiger partial charge is 0.341 e. The van der Waals surface area contributed by atoms with Crippen molar-refractivity contribution < 1.29 is 0 Å². The van der Waals surface area contributed by atoms with E-state index in [-0.39, 0.29) is 0 Å². The van der Waals surface area contributed by atoms with Crippen LogP contribution < -0.4 is 9.30 Å². The molecule has 0 amide bonds. The van der Waals surface area contributed by atoms with Crippen molar-refractivity contribution in [3.63, 3.8) is 0 Å². The lowest BCUT2D eigenvalue weighted by Crippen LogP contribution is -2.77. The first-order chi connectivity index (χ1) is 6.43. The molecule has 1 aliphatic heterocycles. The van der Waals surface area contributed by atoms with Crippen LogP contribution in [-0.2, 0) is 0 Å². The monoisotopic (exact) mass is 264 g/mol. The molecule has 0 saturated carbocycles. The molecule has 0 bridgehead atoms. The van der Waals surface area contributed by atoms with Gasteiger partial charge in [-0.3, -0.25) is 0 Å². The molecule has 1 fully saturated rings. The van der Waals surface area contributed by atoms with Crippen LogP contribution in [0.25, 0.3) is 0 Å². The Labute approximate surface area is 94.7 Å². The Bertz CT molecular complexity index is 181. The van der Waals surface area contributed by atoms with Crippen LogP contribution in [-0.4, -0.2) is 59.0 Å². The average molecular weight is 265 g/mol. The molecule has 84 valence electrons. The van der Waals surface area contributed by atoms with Crippen LogP contribution in [0.3, 0.4) is 0 Å². The van der Waals surface area contributed by atoms with Crippen molar-refractivity contribution in [2.24, 2.45) is 0 Å². The first-order valence-corrected chi connectivity index (χ1v) is 14.4. The Hall–Kier alpha value is 0.708. The minimum atomic E-state index is -0.812. The van der Waals surface area contributed by atoms with Crippen molar-refractivity contribution >= 4 is 36.5 Å². The van der Waals surface area contributed by atoms with Crippen LogP contribution in [0, 0.1) is 0 Å². The van der Waals surface area contributed by atoms with Gasteiger partial charge in [-0.2, -0.15) is 0 Å². The quantitative estimate of drug-likeness (QED) is 0.591. The van der Waals surface area contributed by atoms with Gasteiger partial charge in [-0.05, 0) is 40.3 Å². The maximum Gasteiger partial charge on any atom is 0.174 e. The maximum absolute atomic E-state index is 3.83. The molecule has 0 aromatic rings. The van der Waals surface area contributed by atoms with Gasteiger partial charge in [0.15, 0.2) is 36.5 Å². The summed E-state index contributed by atoms with van der Waals surface area (Å²) in [5.74, 6) is 0. The molecule has 0 aromatic carbocycles. The van der Waals surface area contributed by atoms with Crippen molar-refractivity contribution in [1.29, 1.82) is 0 Å². The zero-order chi connectivity index (χ0) is 10.9. The van der Waals surface area contributed by atoms with Gasteiger partial charge in [0.2, 0.25) is 0 Å². The van der Waals surface area contributed by atoms with Crippen molar-refractivity contribution in [2.45, 2.75) is 26.2 Å². The SMILES string of the molecule is CN(C)[SiH](C)N1[SiH](C)N[SiH](C)N[SiH]1C. The highest BCUT2D eigenvalue weighted by molar-refractivity contribution is 6.93. The number of hydrogen-bond acceptors (Lipinski definition) is 4. The van der Waals surface area contributed by atoms with Gasteiger partial charge in [0, 0.05) is 0 Å². The highest BCUT2D eigenvalue weighted by Gasteiger charge is 2.34. The summed E-state index contributed by atoms with van der Waals surface area (Å²) in [4.78, 5) is 0. The van der Waals surface area contributed by atoms with Gasteiger partial charge in [0.25, 0.3) is 0 Å². The lowest BCUT2D eigenvalue weighted by atomic mass is 11.3. The molecule has 1 rings (SSSR count). The fourth-order valence-corrected chi connectivity index (χ4v) is 23.7. The zero-order valence-corrected chi connectivity index (χ0v) is 14.8. The molecule has 1 aliphatic rings. The van der Waals surface area contributed by atoms with E-state index < -0.39 is 36.5 Å². The van der Waals surface area contributed by atoms with Gasteiger partial charge >= 0.3 is 0 Å². The molecule has 0 radical (unpaired) electrons. The molecule has 14 heavy (non-hydrogen) atoms. The van der Waals surface area contributed by atoms with Gasteiger partial charge in [0.1, 0.15) is 0 Å². The molecule has 1 heterocycles. The third-order valence-corrected chi connectivity index (χ3v) is 23.0. The second kappa shape index (κ2) is 5.16. The third kappa shape index (κ3) is 2.85. The Balaban J connectivity index is 2.66. The van der Waals surface area contributed by atoms with Crippen molar-refractivity contribution in [1.82, 2.24) is 17.8 Å². The van der Waals surface area contributed by atoms with E-state index in [1.807, 2.05) is 0 Å². The molecule has 0 aromatic heterocycles. The fraction of sp³-hybridized carbons (Fsp3) is 1.00. The zero-order valence-electron chi connectivity index (χ0n) is 10.2. The molecule has 1 saturated heterocycles. The maximum atomic E-state index is 3.83. The van der Waals surface area contributed by atoms with Crippen LogP contribution >= 0.6 is 0 Å². The number of hydrogen-bond donors (Lipinski definition) is 2. The number of nitrogens with zero attached hydrogens (tertiary/aromatic N) is 2. The van der Waals surface area contributed by atoms with Gasteiger partial charge < -0.3 is 17.8 Å². The normalized spacial score (nSPS) is 37.5. The van der Waals surface area contributed by atoms with Crippen molar-refractivity contribution in [3.05, 3.63) is 0 Å². The topological polar surface area (TPSA) is 30.5 Å². The lowest BCUT2D eigenvalue weighted by molar-refractivity contribution is 0.603. The van der Waals surface area contributed by atoms with E-state index in [4.69, 9.17) is 0 Å². The standard InChI is InChI=1S/C6H24N4Si4/c1-9(2)14(6)10-12(4)7-11(3)8-13(10)5/h7-8,11-14H,1-6H3. The summed E-state index contributed by atoms with van der Waals surface area (Å²) in [5, 5.41) is 0.